The molecule has 4 rings (SSSR count). The molecular formula is C24H25N3O3S. The molecule has 0 bridgehead atoms. The molecule has 0 unspecified atom stereocenters. The Hall–Kier alpha value is -3.03. The summed E-state index contributed by atoms with van der Waals surface area (Å²) < 4.78 is 5.39. The van der Waals surface area contributed by atoms with E-state index >= 15 is 0 Å². The molecule has 0 saturated carbocycles. The summed E-state index contributed by atoms with van der Waals surface area (Å²) in [6.45, 7) is 3.25. The Kier molecular flexibility index (Phi) is 7.07. The van der Waals surface area contributed by atoms with E-state index in [1.54, 1.807) is 6.20 Å². The highest BCUT2D eigenvalue weighted by Crippen LogP contribution is 2.27. The highest BCUT2D eigenvalue weighted by atomic mass is 32.1. The quantitative estimate of drug-likeness (QED) is 0.553. The smallest absolute Gasteiger partial charge is 0.320 e. The van der Waals surface area contributed by atoms with Crippen molar-refractivity contribution in [2.24, 2.45) is 0 Å². The van der Waals surface area contributed by atoms with Gasteiger partial charge in [-0.2, -0.15) is 0 Å². The lowest BCUT2D eigenvalue weighted by atomic mass is 10.2. The fourth-order valence-corrected chi connectivity index (χ4v) is 4.50. The van der Waals surface area contributed by atoms with Gasteiger partial charge in [-0.3, -0.25) is 19.5 Å². The monoisotopic (exact) mass is 435 g/mol. The van der Waals surface area contributed by atoms with Crippen molar-refractivity contribution in [2.75, 3.05) is 32.7 Å². The summed E-state index contributed by atoms with van der Waals surface area (Å²) in [6.07, 6.45) is 2.58. The molecule has 1 fully saturated rings. The van der Waals surface area contributed by atoms with Gasteiger partial charge in [0.1, 0.15) is 6.61 Å². The van der Waals surface area contributed by atoms with Gasteiger partial charge in [-0.1, -0.05) is 36.4 Å². The average molecular weight is 436 g/mol. The Bertz CT molecular complexity index is 1010. The van der Waals surface area contributed by atoms with Gasteiger partial charge in [-0.15, -0.1) is 11.3 Å². The van der Waals surface area contributed by atoms with Gasteiger partial charge in [0.2, 0.25) is 0 Å². The topological polar surface area (TPSA) is 62.7 Å². The number of esters is 1. The Morgan fingerprint density at radius 3 is 2.58 bits per heavy atom. The molecule has 1 amide bonds. The fraction of sp³-hybridized carbons (Fsp3) is 0.292. The number of aromatic nitrogens is 1. The van der Waals surface area contributed by atoms with E-state index in [0.29, 0.717) is 19.6 Å². The van der Waals surface area contributed by atoms with E-state index in [1.807, 2.05) is 65.6 Å². The molecule has 3 aromatic rings. The maximum atomic E-state index is 13.0. The molecule has 31 heavy (non-hydrogen) atoms. The number of thiophene rings is 1. The minimum absolute atomic E-state index is 0.0423. The summed E-state index contributed by atoms with van der Waals surface area (Å²) in [4.78, 5) is 35.2. The molecule has 0 aliphatic carbocycles. The van der Waals surface area contributed by atoms with Crippen molar-refractivity contribution in [3.8, 4) is 10.6 Å². The van der Waals surface area contributed by atoms with Crippen LogP contribution in [0.1, 0.15) is 21.7 Å². The molecule has 0 radical (unpaired) electrons. The van der Waals surface area contributed by atoms with Crippen LogP contribution in [0.4, 0.5) is 0 Å². The number of carbonyl (C=O) groups excluding carboxylic acids is 2. The van der Waals surface area contributed by atoms with Gasteiger partial charge >= 0.3 is 5.97 Å². The van der Waals surface area contributed by atoms with Crippen molar-refractivity contribution < 1.29 is 14.3 Å². The van der Waals surface area contributed by atoms with E-state index in [4.69, 9.17) is 4.74 Å². The maximum absolute atomic E-state index is 13.0. The Morgan fingerprint density at radius 1 is 0.935 bits per heavy atom. The van der Waals surface area contributed by atoms with Crippen molar-refractivity contribution in [2.45, 2.75) is 13.0 Å². The van der Waals surface area contributed by atoms with Crippen LogP contribution in [0.3, 0.4) is 0 Å². The van der Waals surface area contributed by atoms with Crippen molar-refractivity contribution in [3.63, 3.8) is 0 Å². The number of benzene rings is 1. The number of rotatable bonds is 6. The number of hydrogen-bond donors (Lipinski definition) is 0. The minimum atomic E-state index is -0.234. The summed E-state index contributed by atoms with van der Waals surface area (Å²) in [7, 11) is 0. The summed E-state index contributed by atoms with van der Waals surface area (Å²) in [5.41, 5.74) is 1.85. The van der Waals surface area contributed by atoms with E-state index < -0.39 is 0 Å². The lowest BCUT2D eigenvalue weighted by Crippen LogP contribution is -2.36. The van der Waals surface area contributed by atoms with Gasteiger partial charge < -0.3 is 9.64 Å². The zero-order chi connectivity index (χ0) is 21.5. The SMILES string of the molecule is O=C(CN1CCCN(C(=O)c2ccc(-c3ccccn3)s2)CC1)OCc1ccccc1. The molecule has 0 spiro atoms. The molecule has 160 valence electrons. The van der Waals surface area contributed by atoms with E-state index in [-0.39, 0.29) is 25.0 Å². The van der Waals surface area contributed by atoms with Gasteiger partial charge in [0.25, 0.3) is 5.91 Å². The third-order valence-corrected chi connectivity index (χ3v) is 6.30. The number of carbonyl (C=O) groups is 2. The predicted octanol–water partition coefficient (Wildman–Crippen LogP) is 3.70. The fourth-order valence-electron chi connectivity index (χ4n) is 3.55. The van der Waals surface area contributed by atoms with Crippen LogP contribution < -0.4 is 0 Å². The van der Waals surface area contributed by atoms with E-state index in [9.17, 15) is 9.59 Å². The predicted molar refractivity (Wildman–Crippen MR) is 121 cm³/mol. The molecule has 2 aromatic heterocycles. The lowest BCUT2D eigenvalue weighted by molar-refractivity contribution is -0.146. The third kappa shape index (κ3) is 5.77. The van der Waals surface area contributed by atoms with Crippen LogP contribution in [-0.4, -0.2) is 59.4 Å². The van der Waals surface area contributed by atoms with Gasteiger partial charge in [-0.05, 0) is 36.2 Å². The first-order valence-electron chi connectivity index (χ1n) is 10.4. The number of amides is 1. The Labute approximate surface area is 186 Å². The summed E-state index contributed by atoms with van der Waals surface area (Å²) >= 11 is 1.47. The average Bonchev–Trinajstić information content (AvgIpc) is 3.19. The van der Waals surface area contributed by atoms with Gasteiger partial charge in [-0.25, -0.2) is 0 Å². The second-order valence-corrected chi connectivity index (χ2v) is 8.53. The largest absolute Gasteiger partial charge is 0.460 e. The van der Waals surface area contributed by atoms with E-state index in [2.05, 4.69) is 9.88 Å². The standard InChI is InChI=1S/C24H25N3O3S/c28-23(30-18-19-7-2-1-3-8-19)17-26-13-6-14-27(16-15-26)24(29)22-11-10-21(31-22)20-9-4-5-12-25-20/h1-5,7-12H,6,13-18H2. The van der Waals surface area contributed by atoms with E-state index in [0.717, 1.165) is 34.0 Å². The molecule has 1 aromatic carbocycles. The molecule has 3 heterocycles. The van der Waals surface area contributed by atoms with E-state index in [1.165, 1.54) is 11.3 Å². The molecule has 1 aliphatic heterocycles. The van der Waals surface area contributed by atoms with Crippen LogP contribution in [-0.2, 0) is 16.1 Å². The molecular weight excluding hydrogens is 410 g/mol. The first-order chi connectivity index (χ1) is 15.2. The van der Waals surface area contributed by atoms with Crippen molar-refractivity contribution in [3.05, 3.63) is 77.3 Å². The summed E-state index contributed by atoms with van der Waals surface area (Å²) in [5, 5.41) is 0. The van der Waals surface area contributed by atoms with Crippen molar-refractivity contribution in [1.82, 2.24) is 14.8 Å². The van der Waals surface area contributed by atoms with Crippen LogP contribution in [0.2, 0.25) is 0 Å². The van der Waals surface area contributed by atoms with Gasteiger partial charge in [0.05, 0.1) is 22.0 Å². The highest BCUT2D eigenvalue weighted by Gasteiger charge is 2.23. The molecule has 1 saturated heterocycles. The minimum Gasteiger partial charge on any atom is -0.460 e. The Balaban J connectivity index is 1.28. The number of hydrogen-bond acceptors (Lipinski definition) is 6. The molecule has 6 nitrogen and oxygen atoms in total. The molecule has 0 N–H and O–H groups in total. The van der Waals surface area contributed by atoms with Gasteiger partial charge in [0.15, 0.2) is 0 Å². The van der Waals surface area contributed by atoms with Crippen molar-refractivity contribution in [1.29, 1.82) is 0 Å². The zero-order valence-corrected chi connectivity index (χ0v) is 18.1. The normalized spacial score (nSPS) is 14.8. The second kappa shape index (κ2) is 10.3. The molecule has 1 aliphatic rings. The highest BCUT2D eigenvalue weighted by molar-refractivity contribution is 7.17. The molecule has 7 heteroatoms. The van der Waals surface area contributed by atoms with Gasteiger partial charge in [0, 0.05) is 32.4 Å². The Morgan fingerprint density at radius 2 is 1.77 bits per heavy atom. The van der Waals surface area contributed by atoms with Crippen LogP contribution in [0.5, 0.6) is 0 Å². The molecule has 0 atom stereocenters. The third-order valence-electron chi connectivity index (χ3n) is 5.21. The number of ether oxygens (including phenoxy) is 1. The van der Waals surface area contributed by atoms with Crippen LogP contribution in [0.15, 0.2) is 66.9 Å². The van der Waals surface area contributed by atoms with Crippen molar-refractivity contribution >= 4 is 23.2 Å². The zero-order valence-electron chi connectivity index (χ0n) is 17.3. The first-order valence-corrected chi connectivity index (χ1v) is 11.2. The summed E-state index contributed by atoms with van der Waals surface area (Å²) in [6, 6.07) is 19.3. The van der Waals surface area contributed by atoms with Crippen LogP contribution >= 0.6 is 11.3 Å². The first kappa shape index (κ1) is 21.2. The lowest BCUT2D eigenvalue weighted by Gasteiger charge is -2.21. The second-order valence-electron chi connectivity index (χ2n) is 7.45. The summed E-state index contributed by atoms with van der Waals surface area (Å²) in [5.74, 6) is -0.192. The number of pyridine rings is 1. The number of nitrogens with zero attached hydrogens (tertiary/aromatic N) is 3. The maximum Gasteiger partial charge on any atom is 0.320 e. The van der Waals surface area contributed by atoms with Crippen LogP contribution in [0, 0.1) is 0 Å². The van der Waals surface area contributed by atoms with Crippen LogP contribution in [0.25, 0.3) is 10.6 Å².